The average molecular weight is 603 g/mol. The summed E-state index contributed by atoms with van der Waals surface area (Å²) in [5, 5.41) is 3.86. The summed E-state index contributed by atoms with van der Waals surface area (Å²) in [5.41, 5.74) is 1.67. The van der Waals surface area contributed by atoms with E-state index in [2.05, 4.69) is 25.1 Å². The number of hydrogen-bond acceptors (Lipinski definition) is 9. The fraction of sp³-hybridized carbons (Fsp3) is 0.552. The average Bonchev–Trinajstić information content (AvgIpc) is 3.22. The van der Waals surface area contributed by atoms with Gasteiger partial charge in [-0.3, -0.25) is 4.90 Å². The van der Waals surface area contributed by atoms with Gasteiger partial charge in [0.2, 0.25) is 11.8 Å². The van der Waals surface area contributed by atoms with Crippen molar-refractivity contribution in [1.29, 1.82) is 0 Å². The number of nitrogen functional groups attached to an aromatic ring is 1. The molecule has 0 amide bonds. The first-order valence-corrected chi connectivity index (χ1v) is 14.7. The lowest BCUT2D eigenvalue weighted by molar-refractivity contribution is -0.137. The van der Waals surface area contributed by atoms with Gasteiger partial charge in [-0.05, 0) is 57.8 Å². The van der Waals surface area contributed by atoms with Crippen LogP contribution in [0.5, 0.6) is 5.88 Å². The number of nitrogens with two attached hydrogens (primary N) is 1. The lowest BCUT2D eigenvalue weighted by Crippen LogP contribution is -2.63. The van der Waals surface area contributed by atoms with Crippen LogP contribution in [0.1, 0.15) is 37.3 Å². The highest BCUT2D eigenvalue weighted by molar-refractivity contribution is 5.98. The van der Waals surface area contributed by atoms with E-state index in [0.717, 1.165) is 45.3 Å². The van der Waals surface area contributed by atoms with Gasteiger partial charge in [0.15, 0.2) is 5.82 Å². The lowest BCUT2D eigenvalue weighted by Gasteiger charge is -2.49. The van der Waals surface area contributed by atoms with E-state index in [9.17, 15) is 17.6 Å². The predicted octanol–water partition coefficient (Wildman–Crippen LogP) is 3.86. The number of fused-ring (bicyclic) bond motifs is 5. The van der Waals surface area contributed by atoms with Crippen molar-refractivity contribution in [3.63, 3.8) is 0 Å². The van der Waals surface area contributed by atoms with Crippen molar-refractivity contribution >= 4 is 28.4 Å². The van der Waals surface area contributed by atoms with Gasteiger partial charge in [0.05, 0.1) is 17.3 Å². The summed E-state index contributed by atoms with van der Waals surface area (Å²) in [6.45, 7) is 6.89. The highest BCUT2D eigenvalue weighted by Crippen LogP contribution is 2.47. The monoisotopic (exact) mass is 602 g/mol. The van der Waals surface area contributed by atoms with E-state index in [1.807, 2.05) is 11.8 Å². The quantitative estimate of drug-likeness (QED) is 0.342. The number of nitrogens with one attached hydrogen (secondary N) is 1. The van der Waals surface area contributed by atoms with E-state index < -0.39 is 52.0 Å². The number of likely N-dealkylation sites (tertiary alicyclic amines) is 1. The van der Waals surface area contributed by atoms with Crippen LogP contribution in [0.3, 0.4) is 0 Å². The Bertz CT molecular complexity index is 1660. The van der Waals surface area contributed by atoms with Gasteiger partial charge < -0.3 is 25.6 Å². The Balaban J connectivity index is 1.36. The van der Waals surface area contributed by atoms with Crippen molar-refractivity contribution in [3.05, 3.63) is 28.8 Å². The summed E-state index contributed by atoms with van der Waals surface area (Å²) < 4.78 is 80.7. The first-order chi connectivity index (χ1) is 20.5. The topological polar surface area (TPSA) is 95.7 Å². The Morgan fingerprint density at radius 3 is 2.51 bits per heavy atom. The van der Waals surface area contributed by atoms with Gasteiger partial charge in [-0.15, -0.1) is 0 Å². The highest BCUT2D eigenvalue weighted by atomic mass is 19.4. The van der Waals surface area contributed by atoms with Crippen LogP contribution in [0.15, 0.2) is 6.07 Å². The molecule has 2 aromatic heterocycles. The maximum Gasteiger partial charge on any atom is 0.417 e. The molecule has 0 spiro atoms. The Labute approximate surface area is 244 Å². The van der Waals surface area contributed by atoms with E-state index >= 15 is 4.39 Å². The molecular weight excluding hydrogens is 571 g/mol. The first-order valence-electron chi connectivity index (χ1n) is 14.7. The number of ether oxygens (including phenoxy) is 1. The minimum absolute atomic E-state index is 0.0542. The van der Waals surface area contributed by atoms with Gasteiger partial charge in [-0.1, -0.05) is 0 Å². The smallest absolute Gasteiger partial charge is 0.417 e. The number of piperazine rings is 1. The number of hydrogen-bond donors (Lipinski definition) is 2. The molecule has 14 heteroatoms. The summed E-state index contributed by atoms with van der Waals surface area (Å²) in [7, 11) is 0. The molecule has 2 bridgehead atoms. The zero-order valence-electron chi connectivity index (χ0n) is 23.7. The van der Waals surface area contributed by atoms with E-state index in [4.69, 9.17) is 15.5 Å². The third kappa shape index (κ3) is 3.98. The molecule has 1 aromatic carbocycles. The number of pyridine rings is 1. The van der Waals surface area contributed by atoms with Gasteiger partial charge in [0, 0.05) is 43.3 Å². The molecule has 5 aliphatic heterocycles. The van der Waals surface area contributed by atoms with E-state index in [0.29, 0.717) is 37.4 Å². The second-order valence-corrected chi connectivity index (χ2v) is 12.4. The molecule has 0 aliphatic carbocycles. The fourth-order valence-electron chi connectivity index (χ4n) is 7.55. The van der Waals surface area contributed by atoms with Gasteiger partial charge in [0.1, 0.15) is 34.3 Å². The molecule has 3 aromatic rings. The maximum absolute atomic E-state index is 16.7. The van der Waals surface area contributed by atoms with Crippen molar-refractivity contribution < 1.29 is 26.7 Å². The molecule has 8 rings (SSSR count). The summed E-state index contributed by atoms with van der Waals surface area (Å²) >= 11 is 0. The number of nitrogens with zero attached hydrogens (tertiary/aromatic N) is 6. The molecule has 7 heterocycles. The molecular formula is C29H31F5N8O. The number of benzene rings is 1. The van der Waals surface area contributed by atoms with Crippen LogP contribution in [0.2, 0.25) is 0 Å². The predicted molar refractivity (Wildman–Crippen MR) is 150 cm³/mol. The highest BCUT2D eigenvalue weighted by Gasteiger charge is 2.48. The minimum atomic E-state index is -5.00. The number of aromatic nitrogens is 3. The molecule has 4 fully saturated rings. The zero-order chi connectivity index (χ0) is 29.9. The van der Waals surface area contributed by atoms with Crippen LogP contribution in [0.25, 0.3) is 22.2 Å². The first kappa shape index (κ1) is 27.1. The molecule has 0 saturated carbocycles. The van der Waals surface area contributed by atoms with Crippen LogP contribution in [-0.2, 0) is 6.18 Å². The SMILES string of the molecule is Cc1c(F)c(N)cc(-c2nc3c4c(nc(N5CC(N6CCC6)C5)nc4c2F)N2C[C@H]4CC[C@H](N4)[C@H]2[C@H](C)O3)c1C(F)(F)F. The van der Waals surface area contributed by atoms with Crippen molar-refractivity contribution in [3.8, 4) is 17.1 Å². The lowest BCUT2D eigenvalue weighted by atomic mass is 9.96. The standard InChI is InChI=1S/C29H31F5N8O/c1-12-20(29(32,33)34)16(8-17(35)21(12)30)23-22(31)24-19-26(39-28(38-24)41-10-15(11-41)40-6-3-7-40)42-9-14-4-5-18(36-14)25(42)13(2)43-27(19)37-23/h8,13-15,18,25,36H,3-7,9-11,35H2,1-2H3/t13-,14+,18-,25+/m0/s1. The van der Waals surface area contributed by atoms with Crippen LogP contribution >= 0.6 is 0 Å². The summed E-state index contributed by atoms with van der Waals surface area (Å²) in [5.74, 6) is -1.54. The Morgan fingerprint density at radius 2 is 1.81 bits per heavy atom. The van der Waals surface area contributed by atoms with Crippen LogP contribution < -0.4 is 25.6 Å². The number of anilines is 3. The normalized spacial score (nSPS) is 27.0. The van der Waals surface area contributed by atoms with Crippen molar-refractivity contribution in [2.75, 3.05) is 48.3 Å². The minimum Gasteiger partial charge on any atom is -0.472 e. The molecule has 43 heavy (non-hydrogen) atoms. The Hall–Kier alpha value is -3.52. The van der Waals surface area contributed by atoms with Crippen LogP contribution in [-0.4, -0.2) is 82.8 Å². The number of alkyl halides is 3. The second-order valence-electron chi connectivity index (χ2n) is 12.4. The molecule has 228 valence electrons. The van der Waals surface area contributed by atoms with Gasteiger partial charge >= 0.3 is 6.18 Å². The Kier molecular flexibility index (Phi) is 5.82. The molecule has 3 N–H and O–H groups in total. The summed E-state index contributed by atoms with van der Waals surface area (Å²) in [4.78, 5) is 20.4. The zero-order valence-corrected chi connectivity index (χ0v) is 23.7. The maximum atomic E-state index is 16.7. The fourth-order valence-corrected chi connectivity index (χ4v) is 7.55. The molecule has 0 unspecified atom stereocenters. The van der Waals surface area contributed by atoms with Gasteiger partial charge in [-0.25, -0.2) is 18.7 Å². The summed E-state index contributed by atoms with van der Waals surface area (Å²) in [6.07, 6.45) is -2.38. The van der Waals surface area contributed by atoms with Gasteiger partial charge in [0.25, 0.3) is 0 Å². The van der Waals surface area contributed by atoms with Crippen LogP contribution in [0.4, 0.5) is 39.4 Å². The number of halogens is 5. The molecule has 4 saturated heterocycles. The molecule has 9 nitrogen and oxygen atoms in total. The van der Waals surface area contributed by atoms with Crippen molar-refractivity contribution in [1.82, 2.24) is 25.2 Å². The molecule has 5 aliphatic rings. The van der Waals surface area contributed by atoms with Crippen LogP contribution in [0, 0.1) is 18.6 Å². The summed E-state index contributed by atoms with van der Waals surface area (Å²) in [6, 6.07) is 1.30. The third-order valence-electron chi connectivity index (χ3n) is 9.85. The van der Waals surface area contributed by atoms with Gasteiger partial charge in [-0.2, -0.15) is 18.2 Å². The largest absolute Gasteiger partial charge is 0.472 e. The van der Waals surface area contributed by atoms with E-state index in [1.165, 1.54) is 0 Å². The molecule has 0 radical (unpaired) electrons. The van der Waals surface area contributed by atoms with E-state index in [1.54, 1.807) is 0 Å². The second kappa shape index (κ2) is 9.24. The van der Waals surface area contributed by atoms with Crippen molar-refractivity contribution in [2.45, 2.75) is 69.6 Å². The molecule has 4 atom stereocenters. The van der Waals surface area contributed by atoms with E-state index in [-0.39, 0.29) is 34.9 Å². The number of rotatable bonds is 3. The van der Waals surface area contributed by atoms with Crippen molar-refractivity contribution in [2.24, 2.45) is 0 Å². The Morgan fingerprint density at radius 1 is 1.05 bits per heavy atom. The third-order valence-corrected chi connectivity index (χ3v) is 9.85.